The zero-order chi connectivity index (χ0) is 15.8. The summed E-state index contributed by atoms with van der Waals surface area (Å²) in [6.45, 7) is 1.49. The number of carbonyl (C=O) groups is 1. The topological polar surface area (TPSA) is 50.4 Å². The first-order chi connectivity index (χ1) is 10.7. The van der Waals surface area contributed by atoms with Crippen LogP contribution in [0.3, 0.4) is 0 Å². The standard InChI is InChI=1S/C16H19ClN2O2S/c1-21-8-7-18-10-15(20)19-16(13-6-9-22-11-13)12-2-4-14(17)5-3-12/h2-6,9,11,16,18H,7-8,10H2,1H3,(H,19,20). The van der Waals surface area contributed by atoms with Crippen molar-refractivity contribution in [2.75, 3.05) is 26.8 Å². The molecule has 1 heterocycles. The van der Waals surface area contributed by atoms with Crippen molar-refractivity contribution in [3.8, 4) is 0 Å². The Bertz CT molecular complexity index is 572. The van der Waals surface area contributed by atoms with E-state index < -0.39 is 0 Å². The van der Waals surface area contributed by atoms with Gasteiger partial charge in [-0.2, -0.15) is 11.3 Å². The van der Waals surface area contributed by atoms with Gasteiger partial charge < -0.3 is 15.4 Å². The minimum Gasteiger partial charge on any atom is -0.383 e. The Morgan fingerprint density at radius 1 is 1.27 bits per heavy atom. The van der Waals surface area contributed by atoms with Crippen LogP contribution >= 0.6 is 22.9 Å². The maximum atomic E-state index is 12.1. The van der Waals surface area contributed by atoms with E-state index in [2.05, 4.69) is 10.6 Å². The van der Waals surface area contributed by atoms with Gasteiger partial charge in [0.15, 0.2) is 0 Å². The maximum absolute atomic E-state index is 12.1. The second-order valence-electron chi connectivity index (χ2n) is 4.78. The van der Waals surface area contributed by atoms with E-state index in [1.54, 1.807) is 18.4 Å². The third-order valence-corrected chi connectivity index (χ3v) is 4.11. The van der Waals surface area contributed by atoms with Crippen LogP contribution in [0.4, 0.5) is 0 Å². The number of hydrogen-bond acceptors (Lipinski definition) is 4. The SMILES string of the molecule is COCCNCC(=O)NC(c1ccc(Cl)cc1)c1ccsc1. The van der Waals surface area contributed by atoms with E-state index in [1.165, 1.54) is 0 Å². The van der Waals surface area contributed by atoms with Crippen LogP contribution < -0.4 is 10.6 Å². The molecule has 2 rings (SSSR count). The first-order valence-electron chi connectivity index (χ1n) is 6.97. The Labute approximate surface area is 139 Å². The molecular weight excluding hydrogens is 320 g/mol. The van der Waals surface area contributed by atoms with Crippen LogP contribution in [0.2, 0.25) is 5.02 Å². The average Bonchev–Trinajstić information content (AvgIpc) is 3.04. The molecule has 2 N–H and O–H groups in total. The molecule has 4 nitrogen and oxygen atoms in total. The molecule has 0 radical (unpaired) electrons. The Hall–Kier alpha value is -1.40. The van der Waals surface area contributed by atoms with Crippen molar-refractivity contribution in [2.24, 2.45) is 0 Å². The van der Waals surface area contributed by atoms with Crippen molar-refractivity contribution < 1.29 is 9.53 Å². The molecular formula is C16H19ClN2O2S. The van der Waals surface area contributed by atoms with Crippen LogP contribution in [-0.4, -0.2) is 32.7 Å². The Morgan fingerprint density at radius 3 is 2.68 bits per heavy atom. The Balaban J connectivity index is 2.03. The van der Waals surface area contributed by atoms with Gasteiger partial charge in [0.2, 0.25) is 5.91 Å². The third-order valence-electron chi connectivity index (χ3n) is 3.15. The number of benzene rings is 1. The minimum absolute atomic E-state index is 0.0535. The minimum atomic E-state index is -0.166. The summed E-state index contributed by atoms with van der Waals surface area (Å²) in [5.41, 5.74) is 2.07. The van der Waals surface area contributed by atoms with E-state index in [0.29, 0.717) is 18.2 Å². The fraction of sp³-hybridized carbons (Fsp3) is 0.312. The first-order valence-corrected chi connectivity index (χ1v) is 8.29. The molecule has 0 aliphatic rings. The van der Waals surface area contributed by atoms with Crippen LogP contribution in [0.15, 0.2) is 41.1 Å². The lowest BCUT2D eigenvalue weighted by Crippen LogP contribution is -2.37. The van der Waals surface area contributed by atoms with Crippen molar-refractivity contribution in [2.45, 2.75) is 6.04 Å². The Morgan fingerprint density at radius 2 is 2.05 bits per heavy atom. The number of halogens is 1. The third kappa shape index (κ3) is 5.10. The summed E-state index contributed by atoms with van der Waals surface area (Å²) < 4.78 is 4.94. The van der Waals surface area contributed by atoms with Gasteiger partial charge in [0.25, 0.3) is 0 Å². The largest absolute Gasteiger partial charge is 0.383 e. The molecule has 0 fully saturated rings. The lowest BCUT2D eigenvalue weighted by atomic mass is 10.0. The molecule has 0 bridgehead atoms. The molecule has 0 spiro atoms. The van der Waals surface area contributed by atoms with Gasteiger partial charge in [-0.05, 0) is 40.1 Å². The number of rotatable bonds is 8. The van der Waals surface area contributed by atoms with Crippen molar-refractivity contribution in [1.82, 2.24) is 10.6 Å². The molecule has 6 heteroatoms. The normalized spacial score (nSPS) is 12.1. The highest BCUT2D eigenvalue weighted by molar-refractivity contribution is 7.08. The summed E-state index contributed by atoms with van der Waals surface area (Å²) in [4.78, 5) is 12.1. The lowest BCUT2D eigenvalue weighted by Gasteiger charge is -2.19. The smallest absolute Gasteiger partial charge is 0.234 e. The fourth-order valence-corrected chi connectivity index (χ4v) is 2.85. The first kappa shape index (κ1) is 17.0. The molecule has 1 amide bonds. The van der Waals surface area contributed by atoms with Gasteiger partial charge in [0.05, 0.1) is 19.2 Å². The van der Waals surface area contributed by atoms with E-state index in [4.69, 9.17) is 16.3 Å². The second kappa shape index (κ2) is 8.90. The Kier molecular flexibility index (Phi) is 6.86. The summed E-state index contributed by atoms with van der Waals surface area (Å²) in [6, 6.07) is 9.38. The quantitative estimate of drug-likeness (QED) is 0.728. The van der Waals surface area contributed by atoms with Gasteiger partial charge in [-0.3, -0.25) is 4.79 Å². The number of carbonyl (C=O) groups excluding carboxylic acids is 1. The van der Waals surface area contributed by atoms with Crippen LogP contribution in [0.25, 0.3) is 0 Å². The molecule has 1 aromatic heterocycles. The van der Waals surface area contributed by atoms with Crippen molar-refractivity contribution in [3.05, 3.63) is 57.2 Å². The highest BCUT2D eigenvalue weighted by atomic mass is 35.5. The molecule has 0 saturated heterocycles. The zero-order valence-electron chi connectivity index (χ0n) is 12.3. The van der Waals surface area contributed by atoms with Gasteiger partial charge in [0, 0.05) is 18.7 Å². The molecule has 118 valence electrons. The van der Waals surface area contributed by atoms with Crippen LogP contribution in [0.5, 0.6) is 0 Å². The van der Waals surface area contributed by atoms with Crippen LogP contribution in [0.1, 0.15) is 17.2 Å². The van der Waals surface area contributed by atoms with Crippen LogP contribution in [0, 0.1) is 0 Å². The summed E-state index contributed by atoms with van der Waals surface area (Å²) in [5, 5.41) is 10.8. The van der Waals surface area contributed by atoms with Gasteiger partial charge >= 0.3 is 0 Å². The predicted molar refractivity (Wildman–Crippen MR) is 90.5 cm³/mol. The van der Waals surface area contributed by atoms with Crippen molar-refractivity contribution in [3.63, 3.8) is 0 Å². The van der Waals surface area contributed by atoms with Crippen LogP contribution in [-0.2, 0) is 9.53 Å². The average molecular weight is 339 g/mol. The molecule has 22 heavy (non-hydrogen) atoms. The molecule has 1 unspecified atom stereocenters. The number of nitrogens with one attached hydrogen (secondary N) is 2. The van der Waals surface area contributed by atoms with E-state index in [-0.39, 0.29) is 18.5 Å². The number of amides is 1. The zero-order valence-corrected chi connectivity index (χ0v) is 13.9. The number of hydrogen-bond donors (Lipinski definition) is 2. The van der Waals surface area contributed by atoms with E-state index in [9.17, 15) is 4.79 Å². The lowest BCUT2D eigenvalue weighted by molar-refractivity contribution is -0.120. The predicted octanol–water partition coefficient (Wildman–Crippen LogP) is 2.84. The van der Waals surface area contributed by atoms with E-state index >= 15 is 0 Å². The monoisotopic (exact) mass is 338 g/mol. The van der Waals surface area contributed by atoms with Gasteiger partial charge in [-0.1, -0.05) is 23.7 Å². The molecule has 0 aliphatic heterocycles. The van der Waals surface area contributed by atoms with Gasteiger partial charge in [0.1, 0.15) is 0 Å². The number of ether oxygens (including phenoxy) is 1. The highest BCUT2D eigenvalue weighted by Gasteiger charge is 2.17. The second-order valence-corrected chi connectivity index (χ2v) is 5.99. The summed E-state index contributed by atoms with van der Waals surface area (Å²) >= 11 is 7.55. The summed E-state index contributed by atoms with van der Waals surface area (Å²) in [7, 11) is 1.63. The summed E-state index contributed by atoms with van der Waals surface area (Å²) in [5.74, 6) is -0.0535. The van der Waals surface area contributed by atoms with Gasteiger partial charge in [-0.15, -0.1) is 0 Å². The van der Waals surface area contributed by atoms with E-state index in [0.717, 1.165) is 11.1 Å². The van der Waals surface area contributed by atoms with Crippen molar-refractivity contribution >= 4 is 28.8 Å². The van der Waals surface area contributed by atoms with Gasteiger partial charge in [-0.25, -0.2) is 0 Å². The number of thiophene rings is 1. The molecule has 1 aromatic carbocycles. The molecule has 2 aromatic rings. The molecule has 1 atom stereocenters. The fourth-order valence-electron chi connectivity index (χ4n) is 2.04. The maximum Gasteiger partial charge on any atom is 0.234 e. The number of methoxy groups -OCH3 is 1. The summed E-state index contributed by atoms with van der Waals surface area (Å²) in [6.07, 6.45) is 0. The highest BCUT2D eigenvalue weighted by Crippen LogP contribution is 2.25. The van der Waals surface area contributed by atoms with E-state index in [1.807, 2.05) is 41.1 Å². The molecule has 0 saturated carbocycles. The van der Waals surface area contributed by atoms with Crippen molar-refractivity contribution in [1.29, 1.82) is 0 Å². The molecule has 0 aliphatic carbocycles.